The Morgan fingerprint density at radius 1 is 1.20 bits per heavy atom. The highest BCUT2D eigenvalue weighted by Crippen LogP contribution is 2.26. The predicted octanol–water partition coefficient (Wildman–Crippen LogP) is 3.95. The van der Waals surface area contributed by atoms with Crippen LogP contribution >= 0.6 is 0 Å². The van der Waals surface area contributed by atoms with Gasteiger partial charge in [0.2, 0.25) is 0 Å². The lowest BCUT2D eigenvalue weighted by atomic mass is 10.0. The summed E-state index contributed by atoms with van der Waals surface area (Å²) in [6, 6.07) is 15.6. The summed E-state index contributed by atoms with van der Waals surface area (Å²) in [6.45, 7) is 1.46. The first-order valence-electron chi connectivity index (χ1n) is 8.47. The molecule has 1 aromatic heterocycles. The van der Waals surface area contributed by atoms with E-state index in [0.717, 1.165) is 41.7 Å². The topological polar surface area (TPSA) is 53.1 Å². The van der Waals surface area contributed by atoms with Crippen molar-refractivity contribution in [3.8, 4) is 17.2 Å². The number of aromatic nitrogens is 1. The summed E-state index contributed by atoms with van der Waals surface area (Å²) in [5.74, 6) is 0.691. The van der Waals surface area contributed by atoms with E-state index in [2.05, 4.69) is 16.0 Å². The summed E-state index contributed by atoms with van der Waals surface area (Å²) in [5, 5.41) is 8.89. The molecule has 0 saturated carbocycles. The molecular weight excluding hydrogens is 317 g/mol. The van der Waals surface area contributed by atoms with Gasteiger partial charge in [0.15, 0.2) is 11.5 Å². The highest BCUT2D eigenvalue weighted by atomic mass is 19.1. The Balaban J connectivity index is 1.51. The van der Waals surface area contributed by atoms with Crippen molar-refractivity contribution in [3.63, 3.8) is 0 Å². The van der Waals surface area contributed by atoms with E-state index in [0.29, 0.717) is 17.9 Å². The Bertz CT molecular complexity index is 924. The maximum absolute atomic E-state index is 12.7. The van der Waals surface area contributed by atoms with Crippen molar-refractivity contribution < 1.29 is 8.81 Å². The number of nitriles is 1. The third-order valence-electron chi connectivity index (χ3n) is 4.84. The van der Waals surface area contributed by atoms with Gasteiger partial charge in [-0.2, -0.15) is 5.26 Å². The van der Waals surface area contributed by atoms with Crippen LogP contribution in [0.2, 0.25) is 0 Å². The number of rotatable bonds is 5. The average molecular weight is 335 g/mol. The summed E-state index contributed by atoms with van der Waals surface area (Å²) in [6.07, 6.45) is 1.63. The fraction of sp³-hybridized carbons (Fsp3) is 0.300. The van der Waals surface area contributed by atoms with Gasteiger partial charge in [0.25, 0.3) is 0 Å². The van der Waals surface area contributed by atoms with Crippen molar-refractivity contribution in [1.29, 1.82) is 5.26 Å². The summed E-state index contributed by atoms with van der Waals surface area (Å²) < 4.78 is 18.5. The smallest absolute Gasteiger partial charge is 0.196 e. The lowest BCUT2D eigenvalue weighted by Gasteiger charge is -2.38. The van der Waals surface area contributed by atoms with E-state index < -0.39 is 0 Å². The molecule has 2 aromatic carbocycles. The van der Waals surface area contributed by atoms with Gasteiger partial charge in [-0.25, -0.2) is 9.37 Å². The quantitative estimate of drug-likeness (QED) is 0.708. The highest BCUT2D eigenvalue weighted by molar-refractivity contribution is 5.80. The number of hydrogen-bond donors (Lipinski definition) is 0. The second-order valence-electron chi connectivity index (χ2n) is 6.36. The summed E-state index contributed by atoms with van der Waals surface area (Å²) >= 11 is 0. The number of benzene rings is 2. The van der Waals surface area contributed by atoms with Gasteiger partial charge in [-0.3, -0.25) is 4.90 Å². The molecule has 25 heavy (non-hydrogen) atoms. The number of alkyl halides is 1. The van der Waals surface area contributed by atoms with Crippen LogP contribution in [0.15, 0.2) is 46.9 Å². The van der Waals surface area contributed by atoms with Crippen LogP contribution < -0.4 is 0 Å². The highest BCUT2D eigenvalue weighted by Gasteiger charge is 2.27. The molecule has 4 nitrogen and oxygen atoms in total. The van der Waals surface area contributed by atoms with Crippen LogP contribution in [0.25, 0.3) is 22.2 Å². The van der Waals surface area contributed by atoms with E-state index in [1.165, 1.54) is 0 Å². The molecule has 2 heterocycles. The zero-order valence-corrected chi connectivity index (χ0v) is 13.8. The lowest BCUT2D eigenvalue weighted by Crippen LogP contribution is -2.49. The second-order valence-corrected chi connectivity index (χ2v) is 6.36. The molecule has 0 N–H and O–H groups in total. The first-order valence-corrected chi connectivity index (χ1v) is 8.47. The molecule has 4 rings (SSSR count). The number of fused-ring (bicyclic) bond motifs is 1. The minimum atomic E-state index is -0.276. The summed E-state index contributed by atoms with van der Waals surface area (Å²) in [7, 11) is 0. The van der Waals surface area contributed by atoms with Gasteiger partial charge in [0.05, 0.1) is 11.6 Å². The van der Waals surface area contributed by atoms with Crippen molar-refractivity contribution in [2.24, 2.45) is 0 Å². The van der Waals surface area contributed by atoms with E-state index in [-0.39, 0.29) is 12.7 Å². The fourth-order valence-corrected chi connectivity index (χ4v) is 3.20. The zero-order chi connectivity index (χ0) is 17.2. The Kier molecular flexibility index (Phi) is 4.21. The van der Waals surface area contributed by atoms with Crippen molar-refractivity contribution in [1.82, 2.24) is 9.88 Å². The second kappa shape index (κ2) is 6.66. The predicted molar refractivity (Wildman–Crippen MR) is 93.8 cm³/mol. The Morgan fingerprint density at radius 3 is 2.68 bits per heavy atom. The third kappa shape index (κ3) is 3.13. The minimum absolute atomic E-state index is 0.0763. The van der Waals surface area contributed by atoms with Crippen molar-refractivity contribution in [2.75, 3.05) is 19.8 Å². The van der Waals surface area contributed by atoms with Gasteiger partial charge >= 0.3 is 0 Å². The molecule has 3 aromatic rings. The first kappa shape index (κ1) is 15.8. The zero-order valence-electron chi connectivity index (χ0n) is 13.8. The van der Waals surface area contributed by atoms with Crippen LogP contribution in [-0.2, 0) is 6.42 Å². The number of hydrogen-bond acceptors (Lipinski definition) is 4. The average Bonchev–Trinajstić information content (AvgIpc) is 3.03. The van der Waals surface area contributed by atoms with Crippen LogP contribution in [-0.4, -0.2) is 35.7 Å². The van der Waals surface area contributed by atoms with Gasteiger partial charge in [0.1, 0.15) is 12.2 Å². The first-order chi connectivity index (χ1) is 12.3. The van der Waals surface area contributed by atoms with Crippen LogP contribution in [0.5, 0.6) is 0 Å². The van der Waals surface area contributed by atoms with E-state index >= 15 is 0 Å². The Labute approximate surface area is 145 Å². The van der Waals surface area contributed by atoms with Crippen molar-refractivity contribution >= 4 is 11.1 Å². The molecule has 1 aliphatic heterocycles. The molecule has 1 aliphatic rings. The van der Waals surface area contributed by atoms with E-state index in [1.807, 2.05) is 42.5 Å². The van der Waals surface area contributed by atoms with E-state index in [9.17, 15) is 4.39 Å². The third-order valence-corrected chi connectivity index (χ3v) is 4.84. The monoisotopic (exact) mass is 335 g/mol. The normalized spacial score (nSPS) is 17.4. The van der Waals surface area contributed by atoms with E-state index in [1.54, 1.807) is 0 Å². The van der Waals surface area contributed by atoms with Crippen LogP contribution in [0.1, 0.15) is 17.9 Å². The number of likely N-dealkylation sites (tertiary alicyclic amines) is 1. The van der Waals surface area contributed by atoms with E-state index in [4.69, 9.17) is 9.68 Å². The molecule has 126 valence electrons. The molecule has 5 heteroatoms. The molecule has 0 radical (unpaired) electrons. The molecule has 1 unspecified atom stereocenters. The van der Waals surface area contributed by atoms with Gasteiger partial charge in [-0.1, -0.05) is 18.2 Å². The molecule has 1 saturated heterocycles. The van der Waals surface area contributed by atoms with Gasteiger partial charge < -0.3 is 4.42 Å². The number of halogens is 1. The Morgan fingerprint density at radius 2 is 2.00 bits per heavy atom. The molecule has 1 atom stereocenters. The minimum Gasteiger partial charge on any atom is -0.441 e. The molecule has 1 fully saturated rings. The maximum Gasteiger partial charge on any atom is 0.196 e. The number of nitrogens with zero attached hydrogens (tertiary/aromatic N) is 3. The maximum atomic E-state index is 12.7. The van der Waals surface area contributed by atoms with Crippen LogP contribution in [0.3, 0.4) is 0 Å². The molecule has 0 aliphatic carbocycles. The standard InChI is InChI=1S/C20H18FN3O/c21-12-17-7-9-24(17)10-8-20-23-18-11-16(5-6-19(18)25-20)15-3-1-14(13-22)2-4-15/h1-6,11,17H,7-10,12H2. The SMILES string of the molecule is N#Cc1ccc(-c2ccc3oc(CCN4CCC4CF)nc3c2)cc1. The lowest BCUT2D eigenvalue weighted by molar-refractivity contribution is 0.0696. The summed E-state index contributed by atoms with van der Waals surface area (Å²) in [5.41, 5.74) is 4.31. The molecule has 0 amide bonds. The van der Waals surface area contributed by atoms with Crippen molar-refractivity contribution in [3.05, 3.63) is 53.9 Å². The fourth-order valence-electron chi connectivity index (χ4n) is 3.20. The molecule has 0 bridgehead atoms. The van der Waals surface area contributed by atoms with Gasteiger partial charge in [-0.05, 0) is 41.8 Å². The number of oxazole rings is 1. The largest absolute Gasteiger partial charge is 0.441 e. The molecule has 0 spiro atoms. The van der Waals surface area contributed by atoms with Crippen LogP contribution in [0.4, 0.5) is 4.39 Å². The van der Waals surface area contributed by atoms with Crippen molar-refractivity contribution in [2.45, 2.75) is 18.9 Å². The van der Waals surface area contributed by atoms with Gasteiger partial charge in [-0.15, -0.1) is 0 Å². The Hall–Kier alpha value is -2.71. The summed E-state index contributed by atoms with van der Waals surface area (Å²) in [4.78, 5) is 6.71. The van der Waals surface area contributed by atoms with Gasteiger partial charge in [0, 0.05) is 25.6 Å². The van der Waals surface area contributed by atoms with Crippen LogP contribution in [0, 0.1) is 11.3 Å². The molecular formula is C20H18FN3O.